The molecule has 0 amide bonds. The highest BCUT2D eigenvalue weighted by Gasteiger charge is 2.16. The normalized spacial score (nSPS) is 11.0. The lowest BCUT2D eigenvalue weighted by Gasteiger charge is -2.10. The smallest absolute Gasteiger partial charge is 0.305 e. The van der Waals surface area contributed by atoms with E-state index in [-0.39, 0.29) is 5.97 Å². The third-order valence-electron chi connectivity index (χ3n) is 5.22. The molecular formula is C25H26N2O4. The number of ether oxygens (including phenoxy) is 2. The fourth-order valence-corrected chi connectivity index (χ4v) is 3.53. The first kappa shape index (κ1) is 20.7. The van der Waals surface area contributed by atoms with E-state index in [2.05, 4.69) is 40.5 Å². The molecule has 0 atom stereocenters. The van der Waals surface area contributed by atoms with E-state index in [0.717, 1.165) is 53.1 Å². The van der Waals surface area contributed by atoms with Crippen LogP contribution in [0.3, 0.4) is 0 Å². The van der Waals surface area contributed by atoms with Crippen molar-refractivity contribution in [3.8, 4) is 22.8 Å². The second-order valence-electron chi connectivity index (χ2n) is 7.50. The number of aromatic nitrogens is 2. The van der Waals surface area contributed by atoms with Crippen LogP contribution >= 0.6 is 0 Å². The van der Waals surface area contributed by atoms with Crippen molar-refractivity contribution in [2.75, 3.05) is 13.7 Å². The van der Waals surface area contributed by atoms with Gasteiger partial charge in [-0.15, -0.1) is 0 Å². The van der Waals surface area contributed by atoms with Crippen LogP contribution < -0.4 is 4.74 Å². The summed E-state index contributed by atoms with van der Waals surface area (Å²) in [7, 11) is 1.42. The Morgan fingerprint density at radius 1 is 1.06 bits per heavy atom. The summed E-state index contributed by atoms with van der Waals surface area (Å²) in [5.41, 5.74) is 5.02. The van der Waals surface area contributed by atoms with Crippen LogP contribution in [0.2, 0.25) is 0 Å². The lowest BCUT2D eigenvalue weighted by atomic mass is 10.2. The van der Waals surface area contributed by atoms with Gasteiger partial charge in [-0.05, 0) is 56.5 Å². The van der Waals surface area contributed by atoms with Crippen molar-refractivity contribution in [3.05, 3.63) is 66.6 Å². The number of imidazole rings is 1. The molecular weight excluding hydrogens is 392 g/mol. The Morgan fingerprint density at radius 3 is 2.65 bits per heavy atom. The van der Waals surface area contributed by atoms with Crippen LogP contribution in [0.15, 0.2) is 65.5 Å². The Bertz CT molecular complexity index is 1140. The van der Waals surface area contributed by atoms with E-state index in [0.29, 0.717) is 13.0 Å². The zero-order valence-electron chi connectivity index (χ0n) is 17.8. The van der Waals surface area contributed by atoms with Crippen LogP contribution in [-0.2, 0) is 9.53 Å². The Kier molecular flexibility index (Phi) is 6.36. The van der Waals surface area contributed by atoms with Gasteiger partial charge in [0, 0.05) is 18.2 Å². The van der Waals surface area contributed by atoms with Crippen LogP contribution in [0, 0.1) is 6.92 Å². The summed E-state index contributed by atoms with van der Waals surface area (Å²) in [4.78, 5) is 16.0. The second-order valence-corrected chi connectivity index (χ2v) is 7.50. The number of rotatable bonds is 9. The molecule has 6 heteroatoms. The number of fused-ring (bicyclic) bond motifs is 1. The van der Waals surface area contributed by atoms with Gasteiger partial charge in [0.2, 0.25) is 0 Å². The maximum absolute atomic E-state index is 11.2. The van der Waals surface area contributed by atoms with E-state index in [1.165, 1.54) is 12.7 Å². The lowest BCUT2D eigenvalue weighted by molar-refractivity contribution is -0.140. The minimum atomic E-state index is -0.163. The first-order chi connectivity index (χ1) is 15.2. The second kappa shape index (κ2) is 9.51. The molecule has 4 aromatic rings. The number of benzene rings is 2. The molecule has 6 nitrogen and oxygen atoms in total. The van der Waals surface area contributed by atoms with Crippen molar-refractivity contribution in [2.45, 2.75) is 32.6 Å². The maximum Gasteiger partial charge on any atom is 0.305 e. The molecule has 0 fully saturated rings. The first-order valence-electron chi connectivity index (χ1n) is 10.5. The van der Waals surface area contributed by atoms with Crippen molar-refractivity contribution in [1.82, 2.24) is 9.55 Å². The highest BCUT2D eigenvalue weighted by Crippen LogP contribution is 2.31. The van der Waals surface area contributed by atoms with Gasteiger partial charge in [-0.3, -0.25) is 9.36 Å². The number of carbonyl (C=O) groups is 1. The molecule has 2 aromatic carbocycles. The predicted molar refractivity (Wildman–Crippen MR) is 119 cm³/mol. The highest BCUT2D eigenvalue weighted by molar-refractivity contribution is 5.84. The number of carbonyl (C=O) groups excluding carboxylic acids is 1. The van der Waals surface area contributed by atoms with Gasteiger partial charge < -0.3 is 13.9 Å². The number of aryl methyl sites for hydroxylation is 1. The highest BCUT2D eigenvalue weighted by atomic mass is 16.5. The zero-order chi connectivity index (χ0) is 21.6. The molecule has 4 rings (SSSR count). The molecule has 0 aliphatic rings. The van der Waals surface area contributed by atoms with Gasteiger partial charge >= 0.3 is 5.97 Å². The Labute approximate surface area is 181 Å². The van der Waals surface area contributed by atoms with Gasteiger partial charge in [-0.25, -0.2) is 4.98 Å². The van der Waals surface area contributed by atoms with Crippen molar-refractivity contribution in [2.24, 2.45) is 0 Å². The molecule has 0 unspecified atom stereocenters. The molecule has 0 radical (unpaired) electrons. The van der Waals surface area contributed by atoms with Crippen molar-refractivity contribution >= 4 is 17.0 Å². The predicted octanol–water partition coefficient (Wildman–Crippen LogP) is 5.71. The standard InChI is InChI=1S/C25H26N2O4/c1-18-7-9-20(10-8-18)27-23-16-21(31-14-5-3-4-6-24(28)29-2)11-12-22(23)26-25(27)19-13-15-30-17-19/h7-13,15-17H,3-6,14H2,1-2H3. The van der Waals surface area contributed by atoms with Gasteiger partial charge in [0.15, 0.2) is 0 Å². The van der Waals surface area contributed by atoms with E-state index in [9.17, 15) is 4.79 Å². The fraction of sp³-hybridized carbons (Fsp3) is 0.280. The first-order valence-corrected chi connectivity index (χ1v) is 10.5. The van der Waals surface area contributed by atoms with Gasteiger partial charge in [-0.2, -0.15) is 0 Å². The molecule has 0 N–H and O–H groups in total. The average molecular weight is 418 g/mol. The average Bonchev–Trinajstić information content (AvgIpc) is 3.44. The largest absolute Gasteiger partial charge is 0.494 e. The molecule has 0 saturated heterocycles. The van der Waals surface area contributed by atoms with Gasteiger partial charge in [0.1, 0.15) is 17.8 Å². The minimum absolute atomic E-state index is 0.163. The number of hydrogen-bond acceptors (Lipinski definition) is 5. The molecule has 0 bridgehead atoms. The summed E-state index contributed by atoms with van der Waals surface area (Å²) in [6, 6.07) is 16.2. The maximum atomic E-state index is 11.2. The summed E-state index contributed by atoms with van der Waals surface area (Å²) < 4.78 is 18.1. The summed E-state index contributed by atoms with van der Waals surface area (Å²) >= 11 is 0. The molecule has 0 saturated carbocycles. The van der Waals surface area contributed by atoms with E-state index in [1.54, 1.807) is 12.5 Å². The van der Waals surface area contributed by atoms with Crippen LogP contribution in [0.1, 0.15) is 31.2 Å². The molecule has 160 valence electrons. The van der Waals surface area contributed by atoms with Crippen LogP contribution in [0.4, 0.5) is 0 Å². The minimum Gasteiger partial charge on any atom is -0.494 e. The van der Waals surface area contributed by atoms with Crippen molar-refractivity contribution in [3.63, 3.8) is 0 Å². The van der Waals surface area contributed by atoms with E-state index >= 15 is 0 Å². The molecule has 0 aliphatic heterocycles. The van der Waals surface area contributed by atoms with Crippen molar-refractivity contribution in [1.29, 1.82) is 0 Å². The van der Waals surface area contributed by atoms with E-state index in [1.807, 2.05) is 24.3 Å². The van der Waals surface area contributed by atoms with Crippen LogP contribution in [-0.4, -0.2) is 29.2 Å². The molecule has 2 heterocycles. The van der Waals surface area contributed by atoms with Gasteiger partial charge in [0.25, 0.3) is 0 Å². The third-order valence-corrected chi connectivity index (χ3v) is 5.22. The summed E-state index contributed by atoms with van der Waals surface area (Å²) in [5.74, 6) is 1.46. The monoisotopic (exact) mass is 418 g/mol. The Balaban J connectivity index is 1.56. The topological polar surface area (TPSA) is 66.5 Å². The summed E-state index contributed by atoms with van der Waals surface area (Å²) in [5, 5.41) is 0. The number of unbranched alkanes of at least 4 members (excludes halogenated alkanes) is 2. The molecule has 31 heavy (non-hydrogen) atoms. The third kappa shape index (κ3) is 4.79. The van der Waals surface area contributed by atoms with Gasteiger partial charge in [-0.1, -0.05) is 17.7 Å². The van der Waals surface area contributed by atoms with Crippen molar-refractivity contribution < 1.29 is 18.7 Å². The number of furan rings is 1. The van der Waals surface area contributed by atoms with Crippen LogP contribution in [0.5, 0.6) is 5.75 Å². The number of hydrogen-bond donors (Lipinski definition) is 0. The molecule has 0 spiro atoms. The Morgan fingerprint density at radius 2 is 1.90 bits per heavy atom. The summed E-state index contributed by atoms with van der Waals surface area (Å²) in [6.07, 6.45) is 6.43. The number of nitrogens with zero attached hydrogens (tertiary/aromatic N) is 2. The molecule has 2 aromatic heterocycles. The van der Waals surface area contributed by atoms with Gasteiger partial charge in [0.05, 0.1) is 36.6 Å². The number of esters is 1. The van der Waals surface area contributed by atoms with E-state index in [4.69, 9.17) is 14.1 Å². The fourth-order valence-electron chi connectivity index (χ4n) is 3.53. The van der Waals surface area contributed by atoms with Crippen LogP contribution in [0.25, 0.3) is 28.1 Å². The Hall–Kier alpha value is -3.54. The number of methoxy groups -OCH3 is 1. The summed E-state index contributed by atoms with van der Waals surface area (Å²) in [6.45, 7) is 2.67. The lowest BCUT2D eigenvalue weighted by Crippen LogP contribution is -2.01. The van der Waals surface area contributed by atoms with E-state index < -0.39 is 0 Å². The quantitative estimate of drug-likeness (QED) is 0.257. The zero-order valence-corrected chi connectivity index (χ0v) is 17.8. The molecule has 0 aliphatic carbocycles. The SMILES string of the molecule is COC(=O)CCCCCOc1ccc2nc(-c3ccoc3)n(-c3ccc(C)cc3)c2c1.